The van der Waals surface area contributed by atoms with Crippen molar-refractivity contribution in [3.8, 4) is 0 Å². The normalized spacial score (nSPS) is 23.1. The van der Waals surface area contributed by atoms with E-state index in [1.807, 2.05) is 38.1 Å². The number of hydrogen-bond acceptors (Lipinski definition) is 2. The molecule has 1 saturated heterocycles. The number of likely N-dealkylation sites (tertiary alicyclic amines) is 1. The van der Waals surface area contributed by atoms with E-state index >= 15 is 0 Å². The molecular weight excluding hydrogens is 302 g/mol. The summed E-state index contributed by atoms with van der Waals surface area (Å²) in [5, 5.41) is 9.83. The molecule has 4 nitrogen and oxygen atoms in total. The van der Waals surface area contributed by atoms with Crippen LogP contribution in [0.4, 0.5) is 0 Å². The van der Waals surface area contributed by atoms with Crippen molar-refractivity contribution in [2.45, 2.75) is 26.7 Å². The Morgan fingerprint density at radius 3 is 2.68 bits per heavy atom. The molecule has 22 heavy (non-hydrogen) atoms. The predicted molar refractivity (Wildman–Crippen MR) is 85.8 cm³/mol. The van der Waals surface area contributed by atoms with Crippen LogP contribution in [-0.4, -0.2) is 35.0 Å². The van der Waals surface area contributed by atoms with Gasteiger partial charge in [-0.25, -0.2) is 0 Å². The zero-order valence-electron chi connectivity index (χ0n) is 13.0. The summed E-state index contributed by atoms with van der Waals surface area (Å²) in [7, 11) is 0. The molecule has 0 aliphatic carbocycles. The lowest BCUT2D eigenvalue weighted by atomic mass is 9.86. The second-order valence-corrected chi connectivity index (χ2v) is 6.60. The van der Waals surface area contributed by atoms with Gasteiger partial charge in [0.1, 0.15) is 0 Å². The van der Waals surface area contributed by atoms with Gasteiger partial charge < -0.3 is 10.0 Å². The third kappa shape index (κ3) is 3.80. The highest BCUT2D eigenvalue weighted by Crippen LogP contribution is 2.26. The fourth-order valence-corrected chi connectivity index (χ4v) is 3.32. The fourth-order valence-electron chi connectivity index (χ4n) is 3.11. The molecule has 1 aromatic carbocycles. The average Bonchev–Trinajstić information content (AvgIpc) is 2.48. The van der Waals surface area contributed by atoms with Crippen LogP contribution < -0.4 is 0 Å². The van der Waals surface area contributed by atoms with Crippen LogP contribution in [0.1, 0.15) is 25.8 Å². The monoisotopic (exact) mass is 323 g/mol. The van der Waals surface area contributed by atoms with Gasteiger partial charge >= 0.3 is 5.97 Å². The highest BCUT2D eigenvalue weighted by molar-refractivity contribution is 6.31. The van der Waals surface area contributed by atoms with Gasteiger partial charge in [0.05, 0.1) is 5.92 Å². The number of carboxylic acids is 1. The Morgan fingerprint density at radius 1 is 1.41 bits per heavy atom. The predicted octanol–water partition coefficient (Wildman–Crippen LogP) is 3.09. The van der Waals surface area contributed by atoms with E-state index in [1.54, 1.807) is 4.90 Å². The van der Waals surface area contributed by atoms with Gasteiger partial charge in [0.2, 0.25) is 5.91 Å². The van der Waals surface area contributed by atoms with Crippen LogP contribution in [0.2, 0.25) is 5.02 Å². The van der Waals surface area contributed by atoms with Gasteiger partial charge in [-0.15, -0.1) is 0 Å². The van der Waals surface area contributed by atoms with Crippen molar-refractivity contribution in [2.75, 3.05) is 13.1 Å². The number of carboxylic acid groups (broad SMARTS) is 1. The number of nitrogens with zero attached hydrogens (tertiary/aromatic N) is 1. The first-order valence-corrected chi connectivity index (χ1v) is 8.03. The number of piperidine rings is 1. The molecule has 1 aliphatic rings. The Morgan fingerprint density at radius 2 is 2.09 bits per heavy atom. The molecule has 1 aromatic rings. The maximum absolute atomic E-state index is 12.6. The molecule has 120 valence electrons. The first-order valence-electron chi connectivity index (χ1n) is 7.65. The molecule has 1 heterocycles. The molecule has 1 aliphatic heterocycles. The quantitative estimate of drug-likeness (QED) is 0.926. The molecule has 0 saturated carbocycles. The minimum Gasteiger partial charge on any atom is -0.481 e. The van der Waals surface area contributed by atoms with E-state index in [2.05, 4.69) is 0 Å². The van der Waals surface area contributed by atoms with Crippen molar-refractivity contribution in [3.05, 3.63) is 34.9 Å². The average molecular weight is 324 g/mol. The van der Waals surface area contributed by atoms with Crippen LogP contribution in [-0.2, 0) is 16.0 Å². The van der Waals surface area contributed by atoms with E-state index in [0.717, 1.165) is 5.56 Å². The van der Waals surface area contributed by atoms with Crippen LogP contribution in [0.15, 0.2) is 24.3 Å². The lowest BCUT2D eigenvalue weighted by molar-refractivity contribution is -0.149. The van der Waals surface area contributed by atoms with Gasteiger partial charge in [-0.1, -0.05) is 43.6 Å². The van der Waals surface area contributed by atoms with Crippen molar-refractivity contribution < 1.29 is 14.7 Å². The molecule has 0 radical (unpaired) electrons. The van der Waals surface area contributed by atoms with E-state index in [9.17, 15) is 9.59 Å². The largest absolute Gasteiger partial charge is 0.481 e. The van der Waals surface area contributed by atoms with Gasteiger partial charge in [0.15, 0.2) is 0 Å². The number of amides is 1. The summed E-state index contributed by atoms with van der Waals surface area (Å²) < 4.78 is 0. The third-order valence-electron chi connectivity index (χ3n) is 4.44. The Bertz CT molecular complexity index is 561. The number of carbonyl (C=O) groups excluding carboxylic acids is 1. The number of hydrogen-bond donors (Lipinski definition) is 1. The number of rotatable bonds is 4. The van der Waals surface area contributed by atoms with Crippen molar-refractivity contribution in [1.29, 1.82) is 0 Å². The molecule has 1 fully saturated rings. The first kappa shape index (κ1) is 16.8. The Labute approximate surface area is 136 Å². The van der Waals surface area contributed by atoms with Crippen molar-refractivity contribution in [2.24, 2.45) is 17.8 Å². The minimum atomic E-state index is -0.760. The Kier molecular flexibility index (Phi) is 5.46. The van der Waals surface area contributed by atoms with E-state index in [-0.39, 0.29) is 23.7 Å². The summed E-state index contributed by atoms with van der Waals surface area (Å²) in [6.07, 6.45) is 1.13. The summed E-state index contributed by atoms with van der Waals surface area (Å²) in [4.78, 5) is 25.5. The highest BCUT2D eigenvalue weighted by atomic mass is 35.5. The molecular formula is C17H22ClNO3. The van der Waals surface area contributed by atoms with Crippen molar-refractivity contribution in [1.82, 2.24) is 4.90 Å². The third-order valence-corrected chi connectivity index (χ3v) is 4.81. The number of halogens is 1. The highest BCUT2D eigenvalue weighted by Gasteiger charge is 2.34. The molecule has 3 atom stereocenters. The maximum Gasteiger partial charge on any atom is 0.306 e. The summed E-state index contributed by atoms with van der Waals surface area (Å²) in [6.45, 7) is 4.84. The molecule has 2 rings (SSSR count). The van der Waals surface area contributed by atoms with E-state index in [0.29, 0.717) is 31.0 Å². The van der Waals surface area contributed by atoms with Gasteiger partial charge in [0, 0.05) is 24.0 Å². The molecule has 0 aromatic heterocycles. The van der Waals surface area contributed by atoms with Gasteiger partial charge in [-0.05, 0) is 30.4 Å². The van der Waals surface area contributed by atoms with Crippen LogP contribution >= 0.6 is 11.6 Å². The molecule has 3 unspecified atom stereocenters. The lowest BCUT2D eigenvalue weighted by Crippen LogP contribution is -2.47. The van der Waals surface area contributed by atoms with Crippen molar-refractivity contribution >= 4 is 23.5 Å². The SMILES string of the molecule is CC(Cc1ccccc1Cl)C(=O)N1CCC(C(=O)O)C(C)C1. The number of aliphatic carboxylic acids is 1. The fraction of sp³-hybridized carbons (Fsp3) is 0.529. The van der Waals surface area contributed by atoms with E-state index < -0.39 is 5.97 Å². The second kappa shape index (κ2) is 7.14. The van der Waals surface area contributed by atoms with Crippen molar-refractivity contribution in [3.63, 3.8) is 0 Å². The summed E-state index contributed by atoms with van der Waals surface area (Å²) >= 11 is 6.15. The van der Waals surface area contributed by atoms with Gasteiger partial charge in [-0.3, -0.25) is 9.59 Å². The lowest BCUT2D eigenvalue weighted by Gasteiger charge is -2.36. The van der Waals surface area contributed by atoms with Gasteiger partial charge in [-0.2, -0.15) is 0 Å². The van der Waals surface area contributed by atoms with Gasteiger partial charge in [0.25, 0.3) is 0 Å². The molecule has 0 spiro atoms. The summed E-state index contributed by atoms with van der Waals surface area (Å²) in [6, 6.07) is 7.55. The Balaban J connectivity index is 1.97. The zero-order valence-corrected chi connectivity index (χ0v) is 13.7. The van der Waals surface area contributed by atoms with Crippen LogP contribution in [0.3, 0.4) is 0 Å². The van der Waals surface area contributed by atoms with E-state index in [4.69, 9.17) is 16.7 Å². The maximum atomic E-state index is 12.6. The zero-order chi connectivity index (χ0) is 16.3. The number of carbonyl (C=O) groups is 2. The second-order valence-electron chi connectivity index (χ2n) is 6.19. The van der Waals surface area contributed by atoms with E-state index in [1.165, 1.54) is 0 Å². The molecule has 0 bridgehead atoms. The molecule has 5 heteroatoms. The minimum absolute atomic E-state index is 0.0114. The summed E-state index contributed by atoms with van der Waals surface area (Å²) in [5.41, 5.74) is 0.971. The first-order chi connectivity index (χ1) is 10.4. The smallest absolute Gasteiger partial charge is 0.306 e. The number of benzene rings is 1. The van der Waals surface area contributed by atoms with Crippen LogP contribution in [0.5, 0.6) is 0 Å². The van der Waals surface area contributed by atoms with Crippen LogP contribution in [0.25, 0.3) is 0 Å². The molecule has 1 amide bonds. The topological polar surface area (TPSA) is 57.6 Å². The standard InChI is InChI=1S/C17H22ClNO3/c1-11(9-13-5-3-4-6-15(13)18)16(20)19-8-7-14(17(21)22)12(2)10-19/h3-6,11-12,14H,7-10H2,1-2H3,(H,21,22). The molecule has 1 N–H and O–H groups in total. The van der Waals surface area contributed by atoms with Crippen LogP contribution in [0, 0.1) is 17.8 Å². The Hall–Kier alpha value is -1.55. The summed E-state index contributed by atoms with van der Waals surface area (Å²) in [5.74, 6) is -1.20.